The van der Waals surface area contributed by atoms with Crippen LogP contribution in [0.15, 0.2) is 0 Å². The third kappa shape index (κ3) is 6.37. The van der Waals surface area contributed by atoms with Gasteiger partial charge in [0.05, 0.1) is 12.0 Å². The van der Waals surface area contributed by atoms with Crippen LogP contribution in [0.3, 0.4) is 0 Å². The molecule has 1 unspecified atom stereocenters. The van der Waals surface area contributed by atoms with Crippen molar-refractivity contribution in [1.82, 2.24) is 0 Å². The fraction of sp³-hybridized carbons (Fsp3) is 0.889. The van der Waals surface area contributed by atoms with Crippen LogP contribution < -0.4 is 0 Å². The quantitative estimate of drug-likeness (QED) is 0.494. The third-order valence-electron chi connectivity index (χ3n) is 1.77. The van der Waals surface area contributed by atoms with Gasteiger partial charge in [-0.3, -0.25) is 0 Å². The predicted molar refractivity (Wildman–Crippen MR) is 51.7 cm³/mol. The molecule has 0 aliphatic rings. The first-order valence-electron chi connectivity index (χ1n) is 4.30. The van der Waals surface area contributed by atoms with Crippen molar-refractivity contribution in [1.29, 1.82) is 5.26 Å². The van der Waals surface area contributed by atoms with E-state index in [2.05, 4.69) is 28.9 Å². The number of hydrogen-bond acceptors (Lipinski definition) is 1. The Morgan fingerprint density at radius 2 is 2.09 bits per heavy atom. The van der Waals surface area contributed by atoms with Crippen molar-refractivity contribution >= 4 is 15.9 Å². The van der Waals surface area contributed by atoms with Crippen molar-refractivity contribution in [3.05, 3.63) is 0 Å². The lowest BCUT2D eigenvalue weighted by Gasteiger charge is -2.02. The van der Waals surface area contributed by atoms with Crippen molar-refractivity contribution in [2.75, 3.05) is 5.33 Å². The van der Waals surface area contributed by atoms with Gasteiger partial charge in [-0.05, 0) is 6.42 Å². The molecular formula is C9H16BrN. The van der Waals surface area contributed by atoms with Gasteiger partial charge in [-0.25, -0.2) is 0 Å². The van der Waals surface area contributed by atoms with E-state index in [0.717, 1.165) is 11.8 Å². The fourth-order valence-corrected chi connectivity index (χ4v) is 1.46. The van der Waals surface area contributed by atoms with Crippen molar-refractivity contribution in [2.45, 2.75) is 39.0 Å². The molecule has 0 rings (SSSR count). The van der Waals surface area contributed by atoms with Crippen molar-refractivity contribution < 1.29 is 0 Å². The summed E-state index contributed by atoms with van der Waals surface area (Å²) in [6.45, 7) is 2.20. The normalized spacial score (nSPS) is 12.5. The summed E-state index contributed by atoms with van der Waals surface area (Å²) < 4.78 is 0. The average molecular weight is 218 g/mol. The minimum absolute atomic E-state index is 0.229. The standard InChI is InChI=1S/C9H16BrN/c1-2-3-4-5-6-9(7-10)8-11/h9H,2-7H2,1H3. The fourth-order valence-electron chi connectivity index (χ4n) is 0.994. The molecule has 2 heteroatoms. The number of halogens is 1. The number of nitrogens with zero attached hydrogens (tertiary/aromatic N) is 1. The zero-order chi connectivity index (χ0) is 8.53. The summed E-state index contributed by atoms with van der Waals surface area (Å²) in [5.41, 5.74) is 0. The molecule has 0 radical (unpaired) electrons. The SMILES string of the molecule is CCCCCCC(C#N)CBr. The minimum atomic E-state index is 0.229. The second kappa shape index (κ2) is 8.07. The van der Waals surface area contributed by atoms with E-state index in [4.69, 9.17) is 5.26 Å². The van der Waals surface area contributed by atoms with Crippen LogP contribution in [-0.2, 0) is 0 Å². The molecule has 0 saturated heterocycles. The molecular weight excluding hydrogens is 202 g/mol. The lowest BCUT2D eigenvalue weighted by atomic mass is 10.0. The van der Waals surface area contributed by atoms with Crippen LogP contribution in [0.25, 0.3) is 0 Å². The van der Waals surface area contributed by atoms with E-state index in [1.165, 1.54) is 25.7 Å². The van der Waals surface area contributed by atoms with Crippen LogP contribution in [0.4, 0.5) is 0 Å². The van der Waals surface area contributed by atoms with Crippen molar-refractivity contribution in [3.63, 3.8) is 0 Å². The number of nitriles is 1. The summed E-state index contributed by atoms with van der Waals surface area (Å²) in [4.78, 5) is 0. The van der Waals surface area contributed by atoms with E-state index >= 15 is 0 Å². The second-order valence-electron chi connectivity index (χ2n) is 2.83. The lowest BCUT2D eigenvalue weighted by Crippen LogP contribution is -1.97. The van der Waals surface area contributed by atoms with Crippen LogP contribution >= 0.6 is 15.9 Å². The summed E-state index contributed by atoms with van der Waals surface area (Å²) >= 11 is 3.32. The Hall–Kier alpha value is -0.0300. The summed E-state index contributed by atoms with van der Waals surface area (Å²) in [6, 6.07) is 2.28. The molecule has 1 atom stereocenters. The Morgan fingerprint density at radius 3 is 2.55 bits per heavy atom. The second-order valence-corrected chi connectivity index (χ2v) is 3.48. The zero-order valence-electron chi connectivity index (χ0n) is 7.15. The maximum absolute atomic E-state index is 8.60. The van der Waals surface area contributed by atoms with Crippen LogP contribution in [0.1, 0.15) is 39.0 Å². The highest BCUT2D eigenvalue weighted by molar-refractivity contribution is 9.09. The Bertz CT molecular complexity index is 117. The van der Waals surface area contributed by atoms with Crippen molar-refractivity contribution in [3.8, 4) is 6.07 Å². The Morgan fingerprint density at radius 1 is 1.36 bits per heavy atom. The van der Waals surface area contributed by atoms with Gasteiger partial charge in [0.25, 0.3) is 0 Å². The number of alkyl halides is 1. The molecule has 1 nitrogen and oxygen atoms in total. The highest BCUT2D eigenvalue weighted by Gasteiger charge is 2.03. The largest absolute Gasteiger partial charge is 0.198 e. The Balaban J connectivity index is 3.16. The maximum atomic E-state index is 8.60. The van der Waals surface area contributed by atoms with Gasteiger partial charge in [-0.2, -0.15) is 5.26 Å². The summed E-state index contributed by atoms with van der Waals surface area (Å²) in [5.74, 6) is 0.229. The van der Waals surface area contributed by atoms with E-state index in [0.29, 0.717) is 0 Å². The van der Waals surface area contributed by atoms with Gasteiger partial charge < -0.3 is 0 Å². The smallest absolute Gasteiger partial charge is 0.0664 e. The number of rotatable bonds is 6. The van der Waals surface area contributed by atoms with Crippen LogP contribution in [-0.4, -0.2) is 5.33 Å². The van der Waals surface area contributed by atoms with Gasteiger partial charge in [0.1, 0.15) is 0 Å². The molecule has 0 N–H and O–H groups in total. The summed E-state index contributed by atoms with van der Waals surface area (Å²) in [6.07, 6.45) is 6.12. The third-order valence-corrected chi connectivity index (χ3v) is 2.56. The highest BCUT2D eigenvalue weighted by Crippen LogP contribution is 2.11. The molecule has 0 spiro atoms. The number of unbranched alkanes of at least 4 members (excludes halogenated alkanes) is 3. The van der Waals surface area contributed by atoms with E-state index in [9.17, 15) is 0 Å². The first-order chi connectivity index (χ1) is 5.35. The Labute approximate surface area is 77.9 Å². The molecule has 0 amide bonds. The van der Waals surface area contributed by atoms with E-state index in [1.54, 1.807) is 0 Å². The van der Waals surface area contributed by atoms with Crippen LogP contribution in [0, 0.1) is 17.2 Å². The minimum Gasteiger partial charge on any atom is -0.198 e. The van der Waals surface area contributed by atoms with Crippen LogP contribution in [0.2, 0.25) is 0 Å². The molecule has 0 aliphatic heterocycles. The van der Waals surface area contributed by atoms with Crippen molar-refractivity contribution in [2.24, 2.45) is 5.92 Å². The van der Waals surface area contributed by atoms with Gasteiger partial charge in [0.2, 0.25) is 0 Å². The average Bonchev–Trinajstić information content (AvgIpc) is 2.05. The van der Waals surface area contributed by atoms with E-state index < -0.39 is 0 Å². The summed E-state index contributed by atoms with van der Waals surface area (Å²) in [7, 11) is 0. The summed E-state index contributed by atoms with van der Waals surface area (Å²) in [5, 5.41) is 9.43. The van der Waals surface area contributed by atoms with Gasteiger partial charge in [0, 0.05) is 5.33 Å². The first kappa shape index (κ1) is 11.0. The Kier molecular flexibility index (Phi) is 8.05. The molecule has 0 aromatic rings. The van der Waals surface area contributed by atoms with Gasteiger partial charge in [-0.1, -0.05) is 48.5 Å². The molecule has 0 saturated carbocycles. The maximum Gasteiger partial charge on any atom is 0.0664 e. The molecule has 11 heavy (non-hydrogen) atoms. The molecule has 0 aromatic heterocycles. The van der Waals surface area contributed by atoms with E-state index in [1.807, 2.05) is 0 Å². The van der Waals surface area contributed by atoms with Gasteiger partial charge >= 0.3 is 0 Å². The topological polar surface area (TPSA) is 23.8 Å². The molecule has 0 fully saturated rings. The monoisotopic (exact) mass is 217 g/mol. The molecule has 0 bridgehead atoms. The number of hydrogen-bond donors (Lipinski definition) is 0. The molecule has 0 aliphatic carbocycles. The molecule has 64 valence electrons. The van der Waals surface area contributed by atoms with E-state index in [-0.39, 0.29) is 5.92 Å². The van der Waals surface area contributed by atoms with Gasteiger partial charge in [-0.15, -0.1) is 0 Å². The lowest BCUT2D eigenvalue weighted by molar-refractivity contribution is 0.574. The molecule has 0 heterocycles. The molecule has 0 aromatic carbocycles. The zero-order valence-corrected chi connectivity index (χ0v) is 8.73. The predicted octanol–water partition coefficient (Wildman–Crippen LogP) is 3.49. The first-order valence-corrected chi connectivity index (χ1v) is 5.42. The van der Waals surface area contributed by atoms with Gasteiger partial charge in [0.15, 0.2) is 0 Å². The van der Waals surface area contributed by atoms with Crippen LogP contribution in [0.5, 0.6) is 0 Å². The highest BCUT2D eigenvalue weighted by atomic mass is 79.9.